The van der Waals surface area contributed by atoms with Gasteiger partial charge in [-0.25, -0.2) is 0 Å². The minimum absolute atomic E-state index is 0.243. The highest BCUT2D eigenvalue weighted by Crippen LogP contribution is 2.46. The Morgan fingerprint density at radius 2 is 1.30 bits per heavy atom. The molecule has 37 heavy (non-hydrogen) atoms. The van der Waals surface area contributed by atoms with Crippen LogP contribution in [0, 0.1) is 13.8 Å². The average Bonchev–Trinajstić information content (AvgIpc) is 2.96. The van der Waals surface area contributed by atoms with E-state index in [-0.39, 0.29) is 6.71 Å². The number of hydrogen-bond acceptors (Lipinski definition) is 2. The van der Waals surface area contributed by atoms with Gasteiger partial charge in [-0.05, 0) is 90.8 Å². The summed E-state index contributed by atoms with van der Waals surface area (Å²) in [6.07, 6.45) is 5.10. The highest BCUT2D eigenvalue weighted by Gasteiger charge is 2.45. The molecule has 0 N–H and O–H groups in total. The zero-order valence-electron chi connectivity index (χ0n) is 22.5. The van der Waals surface area contributed by atoms with Gasteiger partial charge in [-0.15, -0.1) is 0 Å². The Hall–Kier alpha value is -3.46. The standard InChI is InChI=1S/C34H35BN2/c1-22-12-5-7-15-25(4)36-30-20-11-21-31-32(30)35(28-18-10-16-26(22)34(28)36)27-17-9-14-24(3)33(27)37(31)29-19-8-6-13-23(29)2/h6,8-11,13-14,16-22,25H,5,7,12,15H2,1-4H3/t22-,25?/m1/s1. The lowest BCUT2D eigenvalue weighted by Crippen LogP contribution is -2.63. The maximum Gasteiger partial charge on any atom is 0.252 e. The molecule has 184 valence electrons. The summed E-state index contributed by atoms with van der Waals surface area (Å²) >= 11 is 0. The molecule has 2 nitrogen and oxygen atoms in total. The van der Waals surface area contributed by atoms with Gasteiger partial charge in [-0.2, -0.15) is 0 Å². The Morgan fingerprint density at radius 1 is 0.649 bits per heavy atom. The van der Waals surface area contributed by atoms with Crippen molar-refractivity contribution in [2.45, 2.75) is 65.3 Å². The fourth-order valence-electron chi connectivity index (χ4n) is 7.37. The molecule has 0 spiro atoms. The molecule has 3 heteroatoms. The molecule has 3 aliphatic rings. The Labute approximate surface area is 222 Å². The minimum atomic E-state index is 0.243. The highest BCUT2D eigenvalue weighted by molar-refractivity contribution is 7.00. The molecule has 0 saturated carbocycles. The lowest BCUT2D eigenvalue weighted by atomic mass is 9.33. The second kappa shape index (κ2) is 8.55. The van der Waals surface area contributed by atoms with Crippen molar-refractivity contribution in [3.63, 3.8) is 0 Å². The SMILES string of the molecule is Cc1ccccc1N1c2cccc3c2B(c2cccc(C)c21)c1cccc2c1N3C(C)CCCC[C@H]2C. The summed E-state index contributed by atoms with van der Waals surface area (Å²) in [5, 5.41) is 0. The van der Waals surface area contributed by atoms with Crippen molar-refractivity contribution in [3.05, 3.63) is 95.6 Å². The molecule has 0 amide bonds. The van der Waals surface area contributed by atoms with E-state index in [9.17, 15) is 0 Å². The first-order valence-electron chi connectivity index (χ1n) is 14.1. The molecule has 0 fully saturated rings. The smallest absolute Gasteiger partial charge is 0.252 e. The summed E-state index contributed by atoms with van der Waals surface area (Å²) in [6.45, 7) is 9.64. The lowest BCUT2D eigenvalue weighted by Gasteiger charge is -2.47. The third-order valence-electron chi connectivity index (χ3n) is 9.14. The molecule has 0 aliphatic carbocycles. The van der Waals surface area contributed by atoms with E-state index in [1.54, 1.807) is 0 Å². The number of rotatable bonds is 1. The maximum atomic E-state index is 2.72. The number of benzene rings is 4. The first kappa shape index (κ1) is 22.7. The van der Waals surface area contributed by atoms with E-state index in [0.29, 0.717) is 12.0 Å². The van der Waals surface area contributed by atoms with Crippen LogP contribution in [0.1, 0.15) is 62.1 Å². The van der Waals surface area contributed by atoms with E-state index in [4.69, 9.17) is 0 Å². The van der Waals surface area contributed by atoms with Crippen LogP contribution in [0.15, 0.2) is 78.9 Å². The summed E-state index contributed by atoms with van der Waals surface area (Å²) < 4.78 is 0. The second-order valence-electron chi connectivity index (χ2n) is 11.5. The molecule has 0 aromatic heterocycles. The number of para-hydroxylation sites is 3. The van der Waals surface area contributed by atoms with Gasteiger partial charge >= 0.3 is 0 Å². The number of fused-ring (bicyclic) bond motifs is 4. The molecule has 0 radical (unpaired) electrons. The highest BCUT2D eigenvalue weighted by atomic mass is 15.2. The third-order valence-corrected chi connectivity index (χ3v) is 9.14. The van der Waals surface area contributed by atoms with Crippen LogP contribution in [0.3, 0.4) is 0 Å². The van der Waals surface area contributed by atoms with Crippen LogP contribution in [-0.4, -0.2) is 12.8 Å². The second-order valence-corrected chi connectivity index (χ2v) is 11.5. The Balaban J connectivity index is 1.59. The molecule has 2 atom stereocenters. The van der Waals surface area contributed by atoms with Gasteiger partial charge in [-0.1, -0.05) is 80.4 Å². The summed E-state index contributed by atoms with van der Waals surface area (Å²) in [6, 6.07) is 30.4. The quantitative estimate of drug-likeness (QED) is 0.235. The summed E-state index contributed by atoms with van der Waals surface area (Å²) in [5.74, 6) is 0.566. The van der Waals surface area contributed by atoms with Gasteiger partial charge < -0.3 is 9.80 Å². The molecule has 7 rings (SSSR count). The molecule has 1 unspecified atom stereocenters. The lowest BCUT2D eigenvalue weighted by molar-refractivity contribution is 0.559. The van der Waals surface area contributed by atoms with Crippen LogP contribution < -0.4 is 26.2 Å². The van der Waals surface area contributed by atoms with Crippen molar-refractivity contribution >= 4 is 51.5 Å². The van der Waals surface area contributed by atoms with E-state index in [1.165, 1.54) is 87.2 Å². The molecule has 4 aromatic rings. The minimum Gasteiger partial charge on any atom is -0.339 e. The van der Waals surface area contributed by atoms with E-state index < -0.39 is 0 Å². The number of aryl methyl sites for hydroxylation is 2. The fraction of sp³-hybridized carbons (Fsp3) is 0.294. The first-order chi connectivity index (χ1) is 18.1. The Kier molecular flexibility index (Phi) is 5.25. The molecule has 4 aromatic carbocycles. The van der Waals surface area contributed by atoms with Crippen molar-refractivity contribution < 1.29 is 0 Å². The van der Waals surface area contributed by atoms with Crippen LogP contribution in [0.2, 0.25) is 0 Å². The topological polar surface area (TPSA) is 6.48 Å². The number of nitrogens with zero attached hydrogens (tertiary/aromatic N) is 2. The van der Waals surface area contributed by atoms with Gasteiger partial charge in [0.2, 0.25) is 0 Å². The van der Waals surface area contributed by atoms with Crippen LogP contribution in [0.5, 0.6) is 0 Å². The molecule has 0 bridgehead atoms. The largest absolute Gasteiger partial charge is 0.339 e. The van der Waals surface area contributed by atoms with Crippen molar-refractivity contribution in [1.82, 2.24) is 0 Å². The van der Waals surface area contributed by atoms with Gasteiger partial charge in [-0.3, -0.25) is 0 Å². The third kappa shape index (κ3) is 3.26. The van der Waals surface area contributed by atoms with Crippen LogP contribution in [0.25, 0.3) is 0 Å². The Morgan fingerprint density at radius 3 is 2.14 bits per heavy atom. The van der Waals surface area contributed by atoms with Gasteiger partial charge in [0.15, 0.2) is 0 Å². The summed E-state index contributed by atoms with van der Waals surface area (Å²) in [7, 11) is 0. The molecule has 0 saturated heterocycles. The van der Waals surface area contributed by atoms with Crippen LogP contribution in [0.4, 0.5) is 28.4 Å². The zero-order valence-corrected chi connectivity index (χ0v) is 22.5. The summed E-state index contributed by atoms with van der Waals surface area (Å²) in [5.41, 5.74) is 15.4. The van der Waals surface area contributed by atoms with Crippen molar-refractivity contribution in [1.29, 1.82) is 0 Å². The summed E-state index contributed by atoms with van der Waals surface area (Å²) in [4.78, 5) is 5.27. The fourth-order valence-corrected chi connectivity index (χ4v) is 7.37. The van der Waals surface area contributed by atoms with E-state index in [1.807, 2.05) is 0 Å². The van der Waals surface area contributed by atoms with E-state index in [2.05, 4.69) is 116 Å². The average molecular weight is 482 g/mol. The van der Waals surface area contributed by atoms with E-state index in [0.717, 1.165) is 0 Å². The van der Waals surface area contributed by atoms with Gasteiger partial charge in [0.1, 0.15) is 0 Å². The number of hydrogen-bond donors (Lipinski definition) is 0. The van der Waals surface area contributed by atoms with Gasteiger partial charge in [0.25, 0.3) is 6.71 Å². The normalized spacial score (nSPS) is 19.8. The Bertz CT molecular complexity index is 1520. The number of anilines is 5. The molecular formula is C34H35BN2. The van der Waals surface area contributed by atoms with Crippen LogP contribution in [-0.2, 0) is 0 Å². The van der Waals surface area contributed by atoms with Crippen molar-refractivity contribution in [3.8, 4) is 0 Å². The maximum absolute atomic E-state index is 2.72. The van der Waals surface area contributed by atoms with Crippen molar-refractivity contribution in [2.24, 2.45) is 0 Å². The van der Waals surface area contributed by atoms with E-state index >= 15 is 0 Å². The predicted octanol–water partition coefficient (Wildman–Crippen LogP) is 7.12. The van der Waals surface area contributed by atoms with Crippen molar-refractivity contribution in [2.75, 3.05) is 9.80 Å². The predicted molar refractivity (Wildman–Crippen MR) is 160 cm³/mol. The monoisotopic (exact) mass is 482 g/mol. The van der Waals surface area contributed by atoms with Gasteiger partial charge in [0, 0.05) is 34.5 Å². The first-order valence-corrected chi connectivity index (χ1v) is 14.1. The van der Waals surface area contributed by atoms with Gasteiger partial charge in [0.05, 0.1) is 0 Å². The molecule has 3 aliphatic heterocycles. The molecular weight excluding hydrogens is 447 g/mol. The molecule has 3 heterocycles. The van der Waals surface area contributed by atoms with Crippen LogP contribution >= 0.6 is 0 Å². The zero-order chi connectivity index (χ0) is 25.3.